The molecule has 0 bridgehead atoms. The normalized spacial score (nSPS) is 50.5. The maximum absolute atomic E-state index is 9.14. The Hall–Kier alpha value is -0.160. The van der Waals surface area contributed by atoms with Gasteiger partial charge < -0.3 is 20.1 Å². The van der Waals surface area contributed by atoms with E-state index < -0.39 is 24.9 Å². The zero-order valence-corrected chi connectivity index (χ0v) is 5.47. The lowest BCUT2D eigenvalue weighted by molar-refractivity contribution is -0.147. The van der Waals surface area contributed by atoms with Crippen molar-refractivity contribution in [1.82, 2.24) is 0 Å². The van der Waals surface area contributed by atoms with Crippen LogP contribution in [0.3, 0.4) is 0 Å². The molecule has 0 aromatic carbocycles. The molecule has 1 fully saturated rings. The van der Waals surface area contributed by atoms with E-state index in [1.54, 1.807) is 0 Å². The molecule has 0 spiro atoms. The molecule has 3 N–H and O–H groups in total. The van der Waals surface area contributed by atoms with Crippen molar-refractivity contribution in [2.75, 3.05) is 13.2 Å². The van der Waals surface area contributed by atoms with E-state index in [2.05, 4.69) is 0 Å². The topological polar surface area (TPSA) is 69.9 Å². The first-order valence-electron chi connectivity index (χ1n) is 3.77. The molecule has 10 heavy (non-hydrogen) atoms. The summed E-state index contributed by atoms with van der Waals surface area (Å²) in [7, 11) is 0. The van der Waals surface area contributed by atoms with Gasteiger partial charge in [-0.2, -0.15) is 0 Å². The first-order valence-corrected chi connectivity index (χ1v) is 3.20. The Morgan fingerprint density at radius 1 is 1.60 bits per heavy atom. The summed E-state index contributed by atoms with van der Waals surface area (Å²) < 4.78 is 11.9. The third-order valence-electron chi connectivity index (χ3n) is 1.56. The minimum absolute atomic E-state index is 0.0949. The Bertz CT molecular complexity index is 132. The van der Waals surface area contributed by atoms with E-state index >= 15 is 0 Å². The Kier molecular flexibility index (Phi) is 2.16. The van der Waals surface area contributed by atoms with Crippen LogP contribution in [0.2, 0.25) is 0 Å². The molecule has 4 atom stereocenters. The van der Waals surface area contributed by atoms with Gasteiger partial charge in [-0.1, -0.05) is 0 Å². The number of aliphatic hydroxyl groups is 3. The zero-order chi connectivity index (χ0) is 8.43. The Balaban J connectivity index is 2.51. The maximum Gasteiger partial charge on any atom is 0.109 e. The molecule has 0 aliphatic carbocycles. The average molecular weight is 149 g/mol. The average Bonchev–Trinajstić information content (AvgIpc) is 1.96. The predicted octanol–water partition coefficient (Wildman–Crippen LogP) is -1.51. The molecular formula is C6H12O4. The van der Waals surface area contributed by atoms with Gasteiger partial charge in [-0.25, -0.2) is 0 Å². The highest BCUT2D eigenvalue weighted by Gasteiger charge is 2.30. The highest BCUT2D eigenvalue weighted by Crippen LogP contribution is 2.13. The predicted molar refractivity (Wildman–Crippen MR) is 33.5 cm³/mol. The fraction of sp³-hybridized carbons (Fsp3) is 1.00. The van der Waals surface area contributed by atoms with Gasteiger partial charge in [0.05, 0.1) is 14.1 Å². The SMILES string of the molecule is [2H]C1C[C@@H](O)[C@@H](O)[C@@H](CO)O1. The van der Waals surface area contributed by atoms with Gasteiger partial charge in [0.15, 0.2) is 0 Å². The number of aliphatic hydroxyl groups excluding tert-OH is 3. The third-order valence-corrected chi connectivity index (χ3v) is 1.56. The van der Waals surface area contributed by atoms with Crippen molar-refractivity contribution < 1.29 is 21.4 Å². The molecule has 60 valence electrons. The van der Waals surface area contributed by atoms with E-state index in [9.17, 15) is 0 Å². The van der Waals surface area contributed by atoms with Crippen LogP contribution in [-0.4, -0.2) is 46.8 Å². The van der Waals surface area contributed by atoms with Crippen LogP contribution in [-0.2, 0) is 4.74 Å². The van der Waals surface area contributed by atoms with Gasteiger partial charge in [-0.3, -0.25) is 0 Å². The van der Waals surface area contributed by atoms with Gasteiger partial charge in [-0.05, 0) is 6.42 Å². The lowest BCUT2D eigenvalue weighted by Gasteiger charge is -2.30. The van der Waals surface area contributed by atoms with Crippen molar-refractivity contribution in [3.05, 3.63) is 0 Å². The first kappa shape index (κ1) is 6.54. The van der Waals surface area contributed by atoms with Crippen molar-refractivity contribution >= 4 is 0 Å². The second-order valence-corrected chi connectivity index (χ2v) is 2.32. The fourth-order valence-electron chi connectivity index (χ4n) is 0.896. The van der Waals surface area contributed by atoms with Crippen LogP contribution < -0.4 is 0 Å². The number of hydrogen-bond acceptors (Lipinski definition) is 4. The second kappa shape index (κ2) is 3.30. The number of hydrogen-bond donors (Lipinski definition) is 3. The molecule has 1 aliphatic heterocycles. The van der Waals surface area contributed by atoms with Crippen molar-refractivity contribution in [2.24, 2.45) is 0 Å². The minimum atomic E-state index is -1.07. The van der Waals surface area contributed by atoms with E-state index in [-0.39, 0.29) is 13.0 Å². The highest BCUT2D eigenvalue weighted by atomic mass is 16.5. The molecule has 0 saturated carbocycles. The van der Waals surface area contributed by atoms with Gasteiger partial charge in [0.25, 0.3) is 0 Å². The van der Waals surface area contributed by atoms with Gasteiger partial charge in [0.1, 0.15) is 12.2 Å². The smallest absolute Gasteiger partial charge is 0.109 e. The van der Waals surface area contributed by atoms with Crippen LogP contribution >= 0.6 is 0 Å². The summed E-state index contributed by atoms with van der Waals surface area (Å²) in [5, 5.41) is 26.8. The summed E-state index contributed by atoms with van der Waals surface area (Å²) in [5.74, 6) is 0. The quantitative estimate of drug-likeness (QED) is 0.424. The molecule has 4 nitrogen and oxygen atoms in total. The maximum atomic E-state index is 9.14. The van der Waals surface area contributed by atoms with Crippen LogP contribution in [0.5, 0.6) is 0 Å². The Morgan fingerprint density at radius 2 is 2.30 bits per heavy atom. The molecule has 1 saturated heterocycles. The number of rotatable bonds is 1. The molecule has 1 heterocycles. The van der Waals surface area contributed by atoms with Gasteiger partial charge in [-0.15, -0.1) is 0 Å². The van der Waals surface area contributed by atoms with Gasteiger partial charge in [0, 0.05) is 6.58 Å². The van der Waals surface area contributed by atoms with Gasteiger partial charge in [0.2, 0.25) is 0 Å². The third kappa shape index (κ3) is 1.46. The van der Waals surface area contributed by atoms with Crippen molar-refractivity contribution in [3.8, 4) is 0 Å². The van der Waals surface area contributed by atoms with E-state index in [4.69, 9.17) is 21.4 Å². The molecule has 1 unspecified atom stereocenters. The monoisotopic (exact) mass is 149 g/mol. The summed E-state index contributed by atoms with van der Waals surface area (Å²) >= 11 is 0. The molecule has 0 amide bonds. The van der Waals surface area contributed by atoms with Crippen molar-refractivity contribution in [1.29, 1.82) is 0 Å². The lowest BCUT2D eigenvalue weighted by atomic mass is 10.0. The summed E-state index contributed by atoms with van der Waals surface area (Å²) in [6, 6.07) is 0. The molecule has 0 aromatic rings. The van der Waals surface area contributed by atoms with E-state index in [0.717, 1.165) is 0 Å². The lowest BCUT2D eigenvalue weighted by Crippen LogP contribution is -2.46. The molecule has 0 radical (unpaired) electrons. The van der Waals surface area contributed by atoms with Crippen LogP contribution in [0, 0.1) is 0 Å². The van der Waals surface area contributed by atoms with E-state index in [1.165, 1.54) is 0 Å². The summed E-state index contributed by atoms with van der Waals surface area (Å²) in [6.45, 7) is -1.21. The highest BCUT2D eigenvalue weighted by molar-refractivity contribution is 4.79. The molecule has 1 aliphatic rings. The summed E-state index contributed by atoms with van der Waals surface area (Å²) in [6.07, 6.45) is -2.75. The second-order valence-electron chi connectivity index (χ2n) is 2.32. The first-order chi connectivity index (χ1) is 5.15. The van der Waals surface area contributed by atoms with Crippen LogP contribution in [0.15, 0.2) is 0 Å². The summed E-state index contributed by atoms with van der Waals surface area (Å²) in [5.41, 5.74) is 0. The van der Waals surface area contributed by atoms with Crippen LogP contribution in [0.1, 0.15) is 7.79 Å². The van der Waals surface area contributed by atoms with E-state index in [0.29, 0.717) is 0 Å². The number of ether oxygens (including phenoxy) is 1. The Labute approximate surface area is 60.5 Å². The molecule has 1 rings (SSSR count). The zero-order valence-electron chi connectivity index (χ0n) is 6.47. The van der Waals surface area contributed by atoms with Crippen LogP contribution in [0.4, 0.5) is 0 Å². The van der Waals surface area contributed by atoms with E-state index in [1.807, 2.05) is 0 Å². The van der Waals surface area contributed by atoms with Crippen LogP contribution in [0.25, 0.3) is 0 Å². The largest absolute Gasteiger partial charge is 0.394 e. The molecule has 0 aromatic heterocycles. The van der Waals surface area contributed by atoms with Crippen molar-refractivity contribution in [2.45, 2.75) is 24.7 Å². The minimum Gasteiger partial charge on any atom is -0.394 e. The molecule has 4 heteroatoms. The summed E-state index contributed by atoms with van der Waals surface area (Å²) in [4.78, 5) is 0. The molecular weight excluding hydrogens is 136 g/mol. The van der Waals surface area contributed by atoms with Crippen molar-refractivity contribution in [3.63, 3.8) is 0 Å². The standard InChI is InChI=1S/C6H12O4/c7-3-5-6(9)4(8)1-2-10-5/h4-9H,1-3H2/t4-,5-,6-/m1/s1/i2D/t2?,4-,5-,6-. The Morgan fingerprint density at radius 3 is 2.90 bits per heavy atom. The van der Waals surface area contributed by atoms with Gasteiger partial charge >= 0.3 is 0 Å². The fourth-order valence-corrected chi connectivity index (χ4v) is 0.896.